The fourth-order valence-electron chi connectivity index (χ4n) is 3.56. The molecule has 2 N–H and O–H groups in total. The van der Waals surface area contributed by atoms with E-state index in [1.165, 1.54) is 44.9 Å². The molecular formula is C19H26N2O. The van der Waals surface area contributed by atoms with E-state index in [9.17, 15) is 4.79 Å². The van der Waals surface area contributed by atoms with Crippen LogP contribution in [0.5, 0.6) is 0 Å². The van der Waals surface area contributed by atoms with Crippen molar-refractivity contribution in [1.82, 2.24) is 10.3 Å². The highest BCUT2D eigenvalue weighted by molar-refractivity contribution is 6.10. The molecule has 3 heteroatoms. The van der Waals surface area contributed by atoms with Gasteiger partial charge < -0.3 is 10.3 Å². The van der Waals surface area contributed by atoms with Crippen molar-refractivity contribution in [3.05, 3.63) is 36.0 Å². The first-order chi connectivity index (χ1) is 10.8. The van der Waals surface area contributed by atoms with Crippen molar-refractivity contribution < 1.29 is 4.79 Å². The lowest BCUT2D eigenvalue weighted by Crippen LogP contribution is -2.41. The topological polar surface area (TPSA) is 44.9 Å². The number of aromatic amines is 1. The molecule has 0 spiro atoms. The van der Waals surface area contributed by atoms with E-state index in [-0.39, 0.29) is 11.8 Å². The van der Waals surface area contributed by atoms with Crippen LogP contribution >= 0.6 is 0 Å². The SMILES string of the molecule is C[C@H](NC1CCCCCCC1)C(=O)c1c[nH]c2ccccc12. The number of hydrogen-bond donors (Lipinski definition) is 2. The Bertz CT molecular complexity index is 623. The molecule has 0 aliphatic heterocycles. The van der Waals surface area contributed by atoms with E-state index in [0.717, 1.165) is 16.5 Å². The Morgan fingerprint density at radius 3 is 2.59 bits per heavy atom. The monoisotopic (exact) mass is 298 g/mol. The molecule has 0 bridgehead atoms. The number of benzene rings is 1. The third-order valence-corrected chi connectivity index (χ3v) is 4.84. The van der Waals surface area contributed by atoms with Gasteiger partial charge in [0, 0.05) is 28.7 Å². The maximum absolute atomic E-state index is 12.8. The summed E-state index contributed by atoms with van der Waals surface area (Å²) < 4.78 is 0. The standard InChI is InChI=1S/C19H26N2O/c1-14(21-15-9-5-3-2-4-6-10-15)19(22)17-13-20-18-12-8-7-11-16(17)18/h7-8,11-15,20-21H,2-6,9-10H2,1H3/t14-/m0/s1. The second-order valence-corrected chi connectivity index (χ2v) is 6.54. The van der Waals surface area contributed by atoms with Gasteiger partial charge in [0.2, 0.25) is 0 Å². The van der Waals surface area contributed by atoms with Crippen molar-refractivity contribution in [1.29, 1.82) is 0 Å². The summed E-state index contributed by atoms with van der Waals surface area (Å²) in [6.07, 6.45) is 10.9. The average Bonchev–Trinajstić information content (AvgIpc) is 2.93. The predicted octanol–water partition coefficient (Wildman–Crippen LogP) is 4.44. The molecule has 1 aromatic heterocycles. The second kappa shape index (κ2) is 7.10. The van der Waals surface area contributed by atoms with Crippen LogP contribution in [0.4, 0.5) is 0 Å². The first kappa shape index (κ1) is 15.3. The maximum atomic E-state index is 12.8. The maximum Gasteiger partial charge on any atom is 0.181 e. The fourth-order valence-corrected chi connectivity index (χ4v) is 3.56. The number of ketones is 1. The van der Waals surface area contributed by atoms with Crippen molar-refractivity contribution in [2.45, 2.75) is 64.0 Å². The molecule has 1 saturated carbocycles. The summed E-state index contributed by atoms with van der Waals surface area (Å²) in [5.41, 5.74) is 1.84. The van der Waals surface area contributed by atoms with Gasteiger partial charge in [0.1, 0.15) is 0 Å². The smallest absolute Gasteiger partial charge is 0.181 e. The summed E-state index contributed by atoms with van der Waals surface area (Å²) >= 11 is 0. The summed E-state index contributed by atoms with van der Waals surface area (Å²) in [4.78, 5) is 16.0. The number of fused-ring (bicyclic) bond motifs is 1. The molecule has 0 radical (unpaired) electrons. The molecule has 0 saturated heterocycles. The van der Waals surface area contributed by atoms with Crippen molar-refractivity contribution >= 4 is 16.7 Å². The molecular weight excluding hydrogens is 272 g/mol. The Morgan fingerprint density at radius 2 is 1.82 bits per heavy atom. The zero-order chi connectivity index (χ0) is 15.4. The van der Waals surface area contributed by atoms with Gasteiger partial charge in [-0.1, -0.05) is 50.3 Å². The molecule has 0 unspecified atom stereocenters. The van der Waals surface area contributed by atoms with Crippen LogP contribution in [0.25, 0.3) is 10.9 Å². The van der Waals surface area contributed by atoms with Gasteiger partial charge in [-0.15, -0.1) is 0 Å². The van der Waals surface area contributed by atoms with Gasteiger partial charge in [0.15, 0.2) is 5.78 Å². The number of H-pyrrole nitrogens is 1. The van der Waals surface area contributed by atoms with E-state index in [2.05, 4.69) is 10.3 Å². The number of carbonyl (C=O) groups is 1. The van der Waals surface area contributed by atoms with Crippen LogP contribution in [0.15, 0.2) is 30.5 Å². The van der Waals surface area contributed by atoms with E-state index in [4.69, 9.17) is 0 Å². The largest absolute Gasteiger partial charge is 0.360 e. The van der Waals surface area contributed by atoms with Gasteiger partial charge in [-0.3, -0.25) is 4.79 Å². The van der Waals surface area contributed by atoms with Gasteiger partial charge in [-0.25, -0.2) is 0 Å². The number of hydrogen-bond acceptors (Lipinski definition) is 2. The Labute approximate surface area is 132 Å². The minimum absolute atomic E-state index is 0.122. The summed E-state index contributed by atoms with van der Waals surface area (Å²) in [5, 5.41) is 4.60. The highest BCUT2D eigenvalue weighted by Gasteiger charge is 2.21. The van der Waals surface area contributed by atoms with Gasteiger partial charge in [-0.05, 0) is 25.8 Å². The molecule has 1 aliphatic carbocycles. The van der Waals surface area contributed by atoms with Crippen LogP contribution in [-0.2, 0) is 0 Å². The molecule has 22 heavy (non-hydrogen) atoms. The first-order valence-electron chi connectivity index (χ1n) is 8.62. The van der Waals surface area contributed by atoms with Crippen molar-refractivity contribution in [2.75, 3.05) is 0 Å². The Balaban J connectivity index is 1.68. The van der Waals surface area contributed by atoms with Crippen molar-refractivity contribution in [3.8, 4) is 0 Å². The van der Waals surface area contributed by atoms with Crippen LogP contribution < -0.4 is 5.32 Å². The fraction of sp³-hybridized carbons (Fsp3) is 0.526. The molecule has 3 rings (SSSR count). The zero-order valence-corrected chi connectivity index (χ0v) is 13.4. The molecule has 1 fully saturated rings. The molecule has 118 valence electrons. The second-order valence-electron chi connectivity index (χ2n) is 6.54. The molecule has 1 heterocycles. The molecule has 1 atom stereocenters. The van der Waals surface area contributed by atoms with Gasteiger partial charge in [0.25, 0.3) is 0 Å². The average molecular weight is 298 g/mol. The summed E-state index contributed by atoms with van der Waals surface area (Å²) in [7, 11) is 0. The van der Waals surface area contributed by atoms with Crippen LogP contribution in [0.2, 0.25) is 0 Å². The number of Topliss-reactive ketones (excluding diaryl/α,β-unsaturated/α-hetero) is 1. The molecule has 1 aliphatic rings. The molecule has 3 nitrogen and oxygen atoms in total. The highest BCUT2D eigenvalue weighted by Crippen LogP contribution is 2.21. The third kappa shape index (κ3) is 3.41. The molecule has 0 amide bonds. The predicted molar refractivity (Wildman–Crippen MR) is 91.3 cm³/mol. The molecule has 2 aromatic rings. The zero-order valence-electron chi connectivity index (χ0n) is 13.4. The first-order valence-corrected chi connectivity index (χ1v) is 8.62. The summed E-state index contributed by atoms with van der Waals surface area (Å²) in [6.45, 7) is 2.00. The van der Waals surface area contributed by atoms with Crippen LogP contribution in [0, 0.1) is 0 Å². The third-order valence-electron chi connectivity index (χ3n) is 4.84. The number of aromatic nitrogens is 1. The van der Waals surface area contributed by atoms with Crippen molar-refractivity contribution in [2.24, 2.45) is 0 Å². The van der Waals surface area contributed by atoms with E-state index in [1.807, 2.05) is 37.4 Å². The lowest BCUT2D eigenvalue weighted by Gasteiger charge is -2.24. The number of para-hydroxylation sites is 1. The number of nitrogens with one attached hydrogen (secondary N) is 2. The minimum atomic E-state index is -0.122. The quantitative estimate of drug-likeness (QED) is 0.820. The Hall–Kier alpha value is -1.61. The van der Waals surface area contributed by atoms with Gasteiger partial charge in [0.05, 0.1) is 6.04 Å². The number of carbonyl (C=O) groups excluding carboxylic acids is 1. The van der Waals surface area contributed by atoms with Crippen LogP contribution in [-0.4, -0.2) is 22.9 Å². The Kier molecular flexibility index (Phi) is 4.94. The normalized spacial score (nSPS) is 18.8. The molecule has 1 aromatic carbocycles. The van der Waals surface area contributed by atoms with E-state index >= 15 is 0 Å². The van der Waals surface area contributed by atoms with E-state index in [0.29, 0.717) is 6.04 Å². The summed E-state index contributed by atoms with van der Waals surface area (Å²) in [6, 6.07) is 8.37. The van der Waals surface area contributed by atoms with E-state index < -0.39 is 0 Å². The number of rotatable bonds is 4. The van der Waals surface area contributed by atoms with Gasteiger partial charge >= 0.3 is 0 Å². The minimum Gasteiger partial charge on any atom is -0.360 e. The van der Waals surface area contributed by atoms with Crippen LogP contribution in [0.1, 0.15) is 62.2 Å². The van der Waals surface area contributed by atoms with Gasteiger partial charge in [-0.2, -0.15) is 0 Å². The van der Waals surface area contributed by atoms with E-state index in [1.54, 1.807) is 0 Å². The lowest BCUT2D eigenvalue weighted by molar-refractivity contribution is 0.0943. The Morgan fingerprint density at radius 1 is 1.14 bits per heavy atom. The van der Waals surface area contributed by atoms with Crippen molar-refractivity contribution in [3.63, 3.8) is 0 Å². The summed E-state index contributed by atoms with van der Waals surface area (Å²) in [5.74, 6) is 0.194. The van der Waals surface area contributed by atoms with Crippen LogP contribution in [0.3, 0.4) is 0 Å². The lowest BCUT2D eigenvalue weighted by atomic mass is 9.95. The highest BCUT2D eigenvalue weighted by atomic mass is 16.1.